The first-order valence-corrected chi connectivity index (χ1v) is 15.1. The van der Waals surface area contributed by atoms with Crippen LogP contribution in [0.15, 0.2) is 79.3 Å². The standard InChI is InChI=1S/C32H36N10O4/c43-29-7-4-17-41(32(46)25-10-8-24(9-11-25)21-42-22-37-39-40-42)18-16-36-30(44)28(19-23-5-2-1-3-6-23)38-31(45)27-20-26(12-13-34-27)33-14-15-35-29/h1-3,5-6,8-13,20,22,28,33H,4,7,14-19,21H2,(H,35,43)(H,36,44)(H,38,45)/t28-/m0/s1. The fourth-order valence-corrected chi connectivity index (χ4v) is 5.01. The molecule has 14 nitrogen and oxygen atoms in total. The molecule has 1 aliphatic heterocycles. The fraction of sp³-hybridized carbons (Fsp3) is 0.312. The van der Waals surface area contributed by atoms with Crippen molar-refractivity contribution in [3.05, 3.63) is 102 Å². The van der Waals surface area contributed by atoms with Crippen LogP contribution in [0, 0.1) is 0 Å². The Morgan fingerprint density at radius 1 is 0.870 bits per heavy atom. The lowest BCUT2D eigenvalue weighted by Gasteiger charge is -2.24. The van der Waals surface area contributed by atoms with E-state index in [-0.39, 0.29) is 49.3 Å². The Morgan fingerprint density at radius 2 is 1.67 bits per heavy atom. The van der Waals surface area contributed by atoms with Gasteiger partial charge in [-0.2, -0.15) is 0 Å². The predicted octanol–water partition coefficient (Wildman–Crippen LogP) is 1.04. The van der Waals surface area contributed by atoms with Crippen molar-refractivity contribution in [1.82, 2.24) is 46.0 Å². The van der Waals surface area contributed by atoms with Crippen LogP contribution >= 0.6 is 0 Å². The van der Waals surface area contributed by atoms with Crippen LogP contribution in [0.2, 0.25) is 0 Å². The lowest BCUT2D eigenvalue weighted by atomic mass is 10.0. The van der Waals surface area contributed by atoms with Crippen LogP contribution in [0.3, 0.4) is 0 Å². The maximum absolute atomic E-state index is 13.6. The van der Waals surface area contributed by atoms with E-state index >= 15 is 0 Å². The van der Waals surface area contributed by atoms with Crippen LogP contribution in [-0.2, 0) is 22.6 Å². The molecule has 0 radical (unpaired) electrons. The Labute approximate surface area is 266 Å². The molecule has 238 valence electrons. The quantitative estimate of drug-likeness (QED) is 0.253. The third-order valence-electron chi connectivity index (χ3n) is 7.41. The summed E-state index contributed by atoms with van der Waals surface area (Å²) < 4.78 is 1.58. The molecule has 14 heteroatoms. The van der Waals surface area contributed by atoms with E-state index in [1.54, 1.807) is 33.8 Å². The topological polar surface area (TPSA) is 176 Å². The number of tetrazole rings is 1. The molecule has 2 bridgehead atoms. The second-order valence-electron chi connectivity index (χ2n) is 10.8. The third kappa shape index (κ3) is 9.17. The van der Waals surface area contributed by atoms with E-state index in [1.165, 1.54) is 12.5 Å². The molecule has 3 heterocycles. The van der Waals surface area contributed by atoms with Gasteiger partial charge in [0.25, 0.3) is 11.8 Å². The highest BCUT2D eigenvalue weighted by atomic mass is 16.2. The maximum Gasteiger partial charge on any atom is 0.270 e. The summed E-state index contributed by atoms with van der Waals surface area (Å²) in [5.41, 5.74) is 3.09. The van der Waals surface area contributed by atoms with Crippen molar-refractivity contribution in [2.45, 2.75) is 31.8 Å². The van der Waals surface area contributed by atoms with E-state index in [1.807, 2.05) is 42.5 Å². The Hall–Kier alpha value is -5.66. The van der Waals surface area contributed by atoms with Crippen LogP contribution < -0.4 is 21.3 Å². The van der Waals surface area contributed by atoms with Crippen molar-refractivity contribution in [2.24, 2.45) is 0 Å². The number of hydrogen-bond donors (Lipinski definition) is 4. The Bertz CT molecular complexity index is 1610. The second-order valence-corrected chi connectivity index (χ2v) is 10.8. The van der Waals surface area contributed by atoms with Crippen LogP contribution in [0.4, 0.5) is 5.69 Å². The fourth-order valence-electron chi connectivity index (χ4n) is 5.01. The third-order valence-corrected chi connectivity index (χ3v) is 7.41. The normalized spacial score (nSPS) is 16.9. The molecule has 0 saturated carbocycles. The number of carbonyl (C=O) groups excluding carboxylic acids is 4. The molecule has 1 atom stereocenters. The number of carbonyl (C=O) groups is 4. The van der Waals surface area contributed by atoms with Crippen molar-refractivity contribution < 1.29 is 19.2 Å². The summed E-state index contributed by atoms with van der Waals surface area (Å²) in [6, 6.07) is 19.0. The van der Waals surface area contributed by atoms with Gasteiger partial charge in [-0.1, -0.05) is 42.5 Å². The molecular formula is C32H36N10O4. The first-order chi connectivity index (χ1) is 22.4. The summed E-state index contributed by atoms with van der Waals surface area (Å²) in [4.78, 5) is 58.6. The molecule has 4 amide bonds. The van der Waals surface area contributed by atoms with Gasteiger partial charge in [-0.3, -0.25) is 24.2 Å². The summed E-state index contributed by atoms with van der Waals surface area (Å²) >= 11 is 0. The molecule has 4 aromatic rings. The molecule has 4 N–H and O–H groups in total. The lowest BCUT2D eigenvalue weighted by Crippen LogP contribution is -2.50. The van der Waals surface area contributed by atoms with Crippen LogP contribution in [-0.4, -0.2) is 92.5 Å². The SMILES string of the molecule is O=C1CCCN(C(=O)c2ccc(Cn3cnnn3)cc2)CCNC(=O)[C@H](Cc2ccccc2)NC(=O)c2cc(ccn2)NCCN1. The maximum atomic E-state index is 13.6. The van der Waals surface area contributed by atoms with Gasteiger partial charge in [0.1, 0.15) is 18.1 Å². The summed E-state index contributed by atoms with van der Waals surface area (Å²) in [6.45, 7) is 1.94. The van der Waals surface area contributed by atoms with Gasteiger partial charge in [0, 0.05) is 63.0 Å². The van der Waals surface area contributed by atoms with Gasteiger partial charge in [-0.25, -0.2) is 4.68 Å². The van der Waals surface area contributed by atoms with Gasteiger partial charge in [0.05, 0.1) is 6.54 Å². The van der Waals surface area contributed by atoms with Crippen LogP contribution in [0.5, 0.6) is 0 Å². The average Bonchev–Trinajstić information content (AvgIpc) is 3.59. The number of nitrogens with zero attached hydrogens (tertiary/aromatic N) is 6. The first kappa shape index (κ1) is 31.8. The minimum atomic E-state index is -0.880. The number of anilines is 1. The summed E-state index contributed by atoms with van der Waals surface area (Å²) in [7, 11) is 0. The smallest absolute Gasteiger partial charge is 0.270 e. The molecule has 2 aromatic heterocycles. The molecule has 2 aromatic carbocycles. The minimum absolute atomic E-state index is 0.133. The van der Waals surface area contributed by atoms with Crippen molar-refractivity contribution in [2.75, 3.05) is 38.0 Å². The van der Waals surface area contributed by atoms with Gasteiger partial charge < -0.3 is 26.2 Å². The number of pyridine rings is 1. The zero-order valence-corrected chi connectivity index (χ0v) is 25.3. The molecule has 46 heavy (non-hydrogen) atoms. The number of nitrogens with one attached hydrogen (secondary N) is 4. The van der Waals surface area contributed by atoms with Crippen molar-refractivity contribution in [3.63, 3.8) is 0 Å². The highest BCUT2D eigenvalue weighted by molar-refractivity contribution is 5.97. The Kier molecular flexibility index (Phi) is 11.0. The molecular weight excluding hydrogens is 588 g/mol. The predicted molar refractivity (Wildman–Crippen MR) is 169 cm³/mol. The Balaban J connectivity index is 1.31. The van der Waals surface area contributed by atoms with Gasteiger partial charge in [-0.15, -0.1) is 5.10 Å². The van der Waals surface area contributed by atoms with E-state index in [9.17, 15) is 19.2 Å². The van der Waals surface area contributed by atoms with Gasteiger partial charge in [-0.05, 0) is 52.2 Å². The molecule has 1 aliphatic rings. The number of amides is 4. The van der Waals surface area contributed by atoms with E-state index in [0.717, 1.165) is 11.1 Å². The highest BCUT2D eigenvalue weighted by Gasteiger charge is 2.24. The highest BCUT2D eigenvalue weighted by Crippen LogP contribution is 2.12. The van der Waals surface area contributed by atoms with E-state index in [2.05, 4.69) is 41.8 Å². The van der Waals surface area contributed by atoms with Crippen LogP contribution in [0.25, 0.3) is 0 Å². The van der Waals surface area contributed by atoms with Crippen molar-refractivity contribution in [3.8, 4) is 0 Å². The van der Waals surface area contributed by atoms with Crippen LogP contribution in [0.1, 0.15) is 44.8 Å². The van der Waals surface area contributed by atoms with Gasteiger partial charge in [0.15, 0.2) is 0 Å². The zero-order chi connectivity index (χ0) is 32.1. The lowest BCUT2D eigenvalue weighted by molar-refractivity contribution is -0.123. The summed E-state index contributed by atoms with van der Waals surface area (Å²) in [6.07, 6.45) is 3.97. The number of fused-ring (bicyclic) bond motifs is 2. The molecule has 0 fully saturated rings. The minimum Gasteiger partial charge on any atom is -0.383 e. The number of hydrogen-bond acceptors (Lipinski definition) is 9. The molecule has 5 rings (SSSR count). The van der Waals surface area contributed by atoms with E-state index < -0.39 is 11.9 Å². The van der Waals surface area contributed by atoms with Gasteiger partial charge in [0.2, 0.25) is 11.8 Å². The summed E-state index contributed by atoms with van der Waals surface area (Å²) in [5.74, 6) is -1.24. The number of benzene rings is 2. The second kappa shape index (κ2) is 15.9. The number of aromatic nitrogens is 5. The van der Waals surface area contributed by atoms with E-state index in [4.69, 9.17) is 0 Å². The molecule has 0 unspecified atom stereocenters. The summed E-state index contributed by atoms with van der Waals surface area (Å²) in [5, 5.41) is 22.9. The largest absolute Gasteiger partial charge is 0.383 e. The van der Waals surface area contributed by atoms with Gasteiger partial charge >= 0.3 is 0 Å². The number of rotatable bonds is 5. The first-order valence-electron chi connectivity index (χ1n) is 15.1. The van der Waals surface area contributed by atoms with Crippen molar-refractivity contribution >= 4 is 29.3 Å². The molecule has 0 aliphatic carbocycles. The molecule has 0 saturated heterocycles. The zero-order valence-electron chi connectivity index (χ0n) is 25.3. The van der Waals surface area contributed by atoms with Crippen molar-refractivity contribution in [1.29, 1.82) is 0 Å². The monoisotopic (exact) mass is 624 g/mol. The average molecular weight is 625 g/mol. The Morgan fingerprint density at radius 3 is 2.46 bits per heavy atom. The molecule has 0 spiro atoms. The van der Waals surface area contributed by atoms with E-state index in [0.29, 0.717) is 43.9 Å².